The summed E-state index contributed by atoms with van der Waals surface area (Å²) in [6, 6.07) is 0. The monoisotopic (exact) mass is 285 g/mol. The fourth-order valence-electron chi connectivity index (χ4n) is 1.44. The molecule has 6 nitrogen and oxygen atoms in total. The topological polar surface area (TPSA) is 92.9 Å². The first-order chi connectivity index (χ1) is 9.13. The van der Waals surface area contributed by atoms with E-state index in [4.69, 9.17) is 17.3 Å². The molecule has 1 rings (SSSR count). The molecule has 0 aliphatic carbocycles. The highest BCUT2D eigenvalue weighted by molar-refractivity contribution is 6.32. The molecule has 0 aliphatic rings. The number of nitrogens with two attached hydrogens (primary N) is 1. The molecule has 1 amide bonds. The van der Waals surface area contributed by atoms with Crippen LogP contribution in [0.25, 0.3) is 0 Å². The zero-order valence-corrected chi connectivity index (χ0v) is 11.8. The van der Waals surface area contributed by atoms with E-state index in [0.29, 0.717) is 29.8 Å². The van der Waals surface area contributed by atoms with Crippen LogP contribution in [0.1, 0.15) is 32.6 Å². The molecule has 19 heavy (non-hydrogen) atoms. The van der Waals surface area contributed by atoms with Gasteiger partial charge in [-0.3, -0.25) is 4.79 Å². The summed E-state index contributed by atoms with van der Waals surface area (Å²) in [6.45, 7) is 3.58. The Bertz CT molecular complexity index is 413. The number of halogens is 1. The van der Waals surface area contributed by atoms with Crippen LogP contribution in [0.2, 0.25) is 5.02 Å². The standard InChI is InChI=1S/C12H20ClN5O/c1-2-6-16-12-17-8-9(13)11(18-12)15-7-4-3-5-10(14)19/h8H,2-7H2,1H3,(H2,14,19)(H2,15,16,17,18). The Morgan fingerprint density at radius 3 is 2.84 bits per heavy atom. The second-order valence-electron chi connectivity index (χ2n) is 4.17. The third-order valence-electron chi connectivity index (χ3n) is 2.42. The summed E-state index contributed by atoms with van der Waals surface area (Å²) in [5, 5.41) is 6.71. The molecule has 0 aromatic carbocycles. The van der Waals surface area contributed by atoms with Crippen LogP contribution in [-0.4, -0.2) is 29.0 Å². The van der Waals surface area contributed by atoms with E-state index in [9.17, 15) is 4.79 Å². The van der Waals surface area contributed by atoms with E-state index in [0.717, 1.165) is 25.8 Å². The van der Waals surface area contributed by atoms with Crippen molar-refractivity contribution in [1.82, 2.24) is 9.97 Å². The van der Waals surface area contributed by atoms with Crippen LogP contribution in [0.15, 0.2) is 6.20 Å². The van der Waals surface area contributed by atoms with Gasteiger partial charge in [0.15, 0.2) is 0 Å². The van der Waals surface area contributed by atoms with Crippen molar-refractivity contribution in [2.75, 3.05) is 23.7 Å². The Labute approximate surface area is 118 Å². The van der Waals surface area contributed by atoms with Crippen molar-refractivity contribution in [2.24, 2.45) is 5.73 Å². The van der Waals surface area contributed by atoms with Crippen LogP contribution in [-0.2, 0) is 4.79 Å². The number of carbonyl (C=O) groups is 1. The summed E-state index contributed by atoms with van der Waals surface area (Å²) in [6.07, 6.45) is 4.57. The van der Waals surface area contributed by atoms with E-state index >= 15 is 0 Å². The normalized spacial score (nSPS) is 10.2. The Morgan fingerprint density at radius 1 is 1.37 bits per heavy atom. The largest absolute Gasteiger partial charge is 0.370 e. The van der Waals surface area contributed by atoms with Crippen LogP contribution >= 0.6 is 11.6 Å². The van der Waals surface area contributed by atoms with Crippen molar-refractivity contribution in [3.8, 4) is 0 Å². The van der Waals surface area contributed by atoms with E-state index < -0.39 is 0 Å². The minimum Gasteiger partial charge on any atom is -0.370 e. The zero-order valence-electron chi connectivity index (χ0n) is 11.1. The third-order valence-corrected chi connectivity index (χ3v) is 2.70. The van der Waals surface area contributed by atoms with E-state index in [1.165, 1.54) is 0 Å². The van der Waals surface area contributed by atoms with Crippen molar-refractivity contribution in [3.63, 3.8) is 0 Å². The van der Waals surface area contributed by atoms with E-state index in [1.807, 2.05) is 0 Å². The summed E-state index contributed by atoms with van der Waals surface area (Å²) >= 11 is 6.00. The molecular weight excluding hydrogens is 266 g/mol. The second kappa shape index (κ2) is 8.53. The quantitative estimate of drug-likeness (QED) is 0.604. The van der Waals surface area contributed by atoms with Gasteiger partial charge in [-0.15, -0.1) is 0 Å². The molecule has 0 unspecified atom stereocenters. The van der Waals surface area contributed by atoms with Gasteiger partial charge in [-0.25, -0.2) is 4.98 Å². The minimum absolute atomic E-state index is 0.272. The molecular formula is C12H20ClN5O. The van der Waals surface area contributed by atoms with Crippen LogP contribution in [0.4, 0.5) is 11.8 Å². The molecule has 0 radical (unpaired) electrons. The number of nitrogens with one attached hydrogen (secondary N) is 2. The molecule has 1 heterocycles. The molecule has 4 N–H and O–H groups in total. The van der Waals surface area contributed by atoms with Gasteiger partial charge >= 0.3 is 0 Å². The predicted molar refractivity (Wildman–Crippen MR) is 77.4 cm³/mol. The predicted octanol–water partition coefficient (Wildman–Crippen LogP) is 2.02. The van der Waals surface area contributed by atoms with Gasteiger partial charge in [-0.2, -0.15) is 4.98 Å². The number of hydrogen-bond donors (Lipinski definition) is 3. The molecule has 0 fully saturated rings. The number of anilines is 2. The molecule has 0 aliphatic heterocycles. The lowest BCUT2D eigenvalue weighted by atomic mass is 10.2. The average molecular weight is 286 g/mol. The second-order valence-corrected chi connectivity index (χ2v) is 4.57. The molecule has 0 saturated heterocycles. The SMILES string of the molecule is CCCNc1ncc(Cl)c(NCCCCC(N)=O)n1. The number of unbranched alkanes of at least 4 members (excludes halogenated alkanes) is 1. The molecule has 7 heteroatoms. The van der Waals surface area contributed by atoms with Crippen molar-refractivity contribution < 1.29 is 4.79 Å². The van der Waals surface area contributed by atoms with Gasteiger partial charge in [-0.1, -0.05) is 18.5 Å². The van der Waals surface area contributed by atoms with Crippen LogP contribution in [0.3, 0.4) is 0 Å². The van der Waals surface area contributed by atoms with Crippen molar-refractivity contribution in [1.29, 1.82) is 0 Å². The molecule has 0 saturated carbocycles. The van der Waals surface area contributed by atoms with Gasteiger partial charge in [0, 0.05) is 19.5 Å². The lowest BCUT2D eigenvalue weighted by Crippen LogP contribution is -2.12. The number of rotatable bonds is 9. The van der Waals surface area contributed by atoms with E-state index in [1.54, 1.807) is 6.20 Å². The molecule has 0 atom stereocenters. The highest BCUT2D eigenvalue weighted by atomic mass is 35.5. The van der Waals surface area contributed by atoms with Crippen LogP contribution < -0.4 is 16.4 Å². The first kappa shape index (κ1) is 15.5. The maximum absolute atomic E-state index is 10.6. The number of aromatic nitrogens is 2. The van der Waals surface area contributed by atoms with E-state index in [2.05, 4.69) is 27.5 Å². The zero-order chi connectivity index (χ0) is 14.1. The minimum atomic E-state index is -0.272. The fourth-order valence-corrected chi connectivity index (χ4v) is 1.60. The Morgan fingerprint density at radius 2 is 2.16 bits per heavy atom. The van der Waals surface area contributed by atoms with Crippen molar-refractivity contribution >= 4 is 29.3 Å². The fraction of sp³-hybridized carbons (Fsp3) is 0.583. The number of amides is 1. The van der Waals surface area contributed by atoms with Gasteiger partial charge < -0.3 is 16.4 Å². The molecule has 1 aromatic heterocycles. The number of hydrogen-bond acceptors (Lipinski definition) is 5. The lowest BCUT2D eigenvalue weighted by molar-refractivity contribution is -0.118. The van der Waals surface area contributed by atoms with E-state index in [-0.39, 0.29) is 5.91 Å². The summed E-state index contributed by atoms with van der Waals surface area (Å²) < 4.78 is 0. The molecule has 0 spiro atoms. The summed E-state index contributed by atoms with van der Waals surface area (Å²) in [5.41, 5.74) is 5.07. The van der Waals surface area contributed by atoms with Crippen molar-refractivity contribution in [2.45, 2.75) is 32.6 Å². The van der Waals surface area contributed by atoms with Crippen LogP contribution in [0.5, 0.6) is 0 Å². The molecule has 0 bridgehead atoms. The smallest absolute Gasteiger partial charge is 0.224 e. The first-order valence-electron chi connectivity index (χ1n) is 6.42. The summed E-state index contributed by atoms with van der Waals surface area (Å²) in [7, 11) is 0. The number of nitrogens with zero attached hydrogens (tertiary/aromatic N) is 2. The maximum Gasteiger partial charge on any atom is 0.224 e. The Hall–Kier alpha value is -1.56. The third kappa shape index (κ3) is 6.24. The average Bonchev–Trinajstić information content (AvgIpc) is 2.38. The summed E-state index contributed by atoms with van der Waals surface area (Å²) in [5.74, 6) is 0.895. The number of carbonyl (C=O) groups excluding carboxylic acids is 1. The van der Waals surface area contributed by atoms with Gasteiger partial charge in [-0.05, 0) is 19.3 Å². The number of primary amides is 1. The Kier molecular flexibility index (Phi) is 6.95. The Balaban J connectivity index is 2.41. The first-order valence-corrected chi connectivity index (χ1v) is 6.80. The lowest BCUT2D eigenvalue weighted by Gasteiger charge is -2.09. The van der Waals surface area contributed by atoms with Crippen LogP contribution in [0, 0.1) is 0 Å². The maximum atomic E-state index is 10.6. The molecule has 106 valence electrons. The van der Waals surface area contributed by atoms with Gasteiger partial charge in [0.25, 0.3) is 0 Å². The highest BCUT2D eigenvalue weighted by Crippen LogP contribution is 2.19. The molecule has 1 aromatic rings. The van der Waals surface area contributed by atoms with Gasteiger partial charge in [0.2, 0.25) is 11.9 Å². The van der Waals surface area contributed by atoms with Crippen molar-refractivity contribution in [3.05, 3.63) is 11.2 Å². The van der Waals surface area contributed by atoms with Gasteiger partial charge in [0.1, 0.15) is 10.8 Å². The summed E-state index contributed by atoms with van der Waals surface area (Å²) in [4.78, 5) is 19.0. The van der Waals surface area contributed by atoms with Gasteiger partial charge in [0.05, 0.1) is 6.20 Å². The highest BCUT2D eigenvalue weighted by Gasteiger charge is 2.04.